The summed E-state index contributed by atoms with van der Waals surface area (Å²) in [6.45, 7) is 0. The van der Waals surface area contributed by atoms with Gasteiger partial charge >= 0.3 is 5.97 Å². The van der Waals surface area contributed by atoms with E-state index in [1.54, 1.807) is 18.2 Å². The predicted octanol–water partition coefficient (Wildman–Crippen LogP) is 3.91. The number of carbonyl (C=O) groups is 1. The van der Waals surface area contributed by atoms with Gasteiger partial charge in [-0.05, 0) is 30.3 Å². The number of ether oxygens (including phenoxy) is 1. The van der Waals surface area contributed by atoms with Gasteiger partial charge in [-0.15, -0.1) is 0 Å². The minimum Gasteiger partial charge on any atom is -0.465 e. The van der Waals surface area contributed by atoms with Gasteiger partial charge in [-0.2, -0.15) is 0 Å². The highest BCUT2D eigenvalue weighted by Gasteiger charge is 2.13. The lowest BCUT2D eigenvalue weighted by Crippen LogP contribution is -2.02. The number of fused-ring (bicyclic) bond motifs is 3. The normalized spacial score (nSPS) is 10.9. The maximum Gasteiger partial charge on any atom is 0.337 e. The predicted molar refractivity (Wildman–Crippen MR) is 90.4 cm³/mol. The van der Waals surface area contributed by atoms with Crippen LogP contribution in [0.3, 0.4) is 0 Å². The number of anilines is 2. The summed E-state index contributed by atoms with van der Waals surface area (Å²) in [5.41, 5.74) is 3.23. The van der Waals surface area contributed by atoms with Crippen LogP contribution in [0.2, 0.25) is 0 Å². The Morgan fingerprint density at radius 2 is 2.00 bits per heavy atom. The van der Waals surface area contributed by atoms with E-state index in [-0.39, 0.29) is 0 Å². The molecule has 0 unspecified atom stereocenters. The van der Waals surface area contributed by atoms with Gasteiger partial charge in [0.15, 0.2) is 11.4 Å². The highest BCUT2D eigenvalue weighted by molar-refractivity contribution is 6.05. The fourth-order valence-electron chi connectivity index (χ4n) is 2.59. The fourth-order valence-corrected chi connectivity index (χ4v) is 2.59. The van der Waals surface area contributed by atoms with E-state index in [4.69, 9.17) is 9.15 Å². The standard InChI is InChI=1S/C18H13N3O3/c1-23-18(22)11-5-4-6-12(9-11)21-17-16-15(19-10-20-17)13-7-2-3-8-14(13)24-16/h2-10H,1H3,(H,19,20,21). The number of nitrogens with one attached hydrogen (secondary N) is 1. The molecule has 0 spiro atoms. The maximum atomic E-state index is 11.7. The SMILES string of the molecule is COC(=O)c1cccc(Nc2ncnc3c2oc2ccccc23)c1. The lowest BCUT2D eigenvalue weighted by Gasteiger charge is -2.07. The largest absolute Gasteiger partial charge is 0.465 e. The number of benzene rings is 2. The highest BCUT2D eigenvalue weighted by atomic mass is 16.5. The molecular formula is C18H13N3O3. The van der Waals surface area contributed by atoms with Gasteiger partial charge in [0, 0.05) is 11.1 Å². The summed E-state index contributed by atoms with van der Waals surface area (Å²) >= 11 is 0. The van der Waals surface area contributed by atoms with Gasteiger partial charge in [0.1, 0.15) is 17.4 Å². The number of hydrogen-bond donors (Lipinski definition) is 1. The number of esters is 1. The van der Waals surface area contributed by atoms with E-state index in [2.05, 4.69) is 15.3 Å². The van der Waals surface area contributed by atoms with E-state index in [1.807, 2.05) is 30.3 Å². The van der Waals surface area contributed by atoms with Crippen LogP contribution in [-0.2, 0) is 4.74 Å². The Labute approximate surface area is 137 Å². The van der Waals surface area contributed by atoms with E-state index in [1.165, 1.54) is 13.4 Å². The monoisotopic (exact) mass is 319 g/mol. The van der Waals surface area contributed by atoms with Crippen LogP contribution in [0.15, 0.2) is 59.3 Å². The van der Waals surface area contributed by atoms with Gasteiger partial charge in [0.25, 0.3) is 0 Å². The Morgan fingerprint density at radius 3 is 2.88 bits per heavy atom. The molecule has 24 heavy (non-hydrogen) atoms. The number of furan rings is 1. The van der Waals surface area contributed by atoms with Crippen LogP contribution in [-0.4, -0.2) is 23.0 Å². The van der Waals surface area contributed by atoms with E-state index >= 15 is 0 Å². The summed E-state index contributed by atoms with van der Waals surface area (Å²) in [6.07, 6.45) is 1.48. The minimum atomic E-state index is -0.393. The summed E-state index contributed by atoms with van der Waals surface area (Å²) in [7, 11) is 1.35. The zero-order chi connectivity index (χ0) is 16.5. The minimum absolute atomic E-state index is 0.393. The lowest BCUT2D eigenvalue weighted by molar-refractivity contribution is 0.0601. The number of aromatic nitrogens is 2. The molecule has 6 heteroatoms. The van der Waals surface area contributed by atoms with Crippen LogP contribution >= 0.6 is 0 Å². The van der Waals surface area contributed by atoms with Crippen LogP contribution < -0.4 is 5.32 Å². The van der Waals surface area contributed by atoms with Crippen LogP contribution in [0.1, 0.15) is 10.4 Å². The van der Waals surface area contributed by atoms with Gasteiger partial charge in [0.05, 0.1) is 12.7 Å². The molecule has 4 rings (SSSR count). The topological polar surface area (TPSA) is 77.2 Å². The molecule has 4 aromatic rings. The van der Waals surface area contributed by atoms with Crippen molar-refractivity contribution in [1.29, 1.82) is 0 Å². The van der Waals surface area contributed by atoms with Crippen LogP contribution in [0.4, 0.5) is 11.5 Å². The van der Waals surface area contributed by atoms with Gasteiger partial charge in [-0.3, -0.25) is 0 Å². The Morgan fingerprint density at radius 1 is 1.12 bits per heavy atom. The number of hydrogen-bond acceptors (Lipinski definition) is 6. The average Bonchev–Trinajstić information content (AvgIpc) is 3.01. The molecule has 0 saturated heterocycles. The quantitative estimate of drug-likeness (QED) is 0.577. The van der Waals surface area contributed by atoms with Crippen molar-refractivity contribution in [2.75, 3.05) is 12.4 Å². The van der Waals surface area contributed by atoms with E-state index in [0.717, 1.165) is 16.5 Å². The maximum absolute atomic E-state index is 11.7. The molecule has 0 aliphatic heterocycles. The number of nitrogens with zero attached hydrogens (tertiary/aromatic N) is 2. The second kappa shape index (κ2) is 5.66. The zero-order valence-electron chi connectivity index (χ0n) is 12.8. The van der Waals surface area contributed by atoms with Crippen LogP contribution in [0.25, 0.3) is 22.1 Å². The first-order chi connectivity index (χ1) is 11.8. The smallest absolute Gasteiger partial charge is 0.337 e. The molecule has 0 aliphatic rings. The molecule has 0 aliphatic carbocycles. The summed E-state index contributed by atoms with van der Waals surface area (Å²) in [6, 6.07) is 14.7. The second-order valence-corrected chi connectivity index (χ2v) is 5.20. The van der Waals surface area contributed by atoms with Crippen molar-refractivity contribution in [3.63, 3.8) is 0 Å². The van der Waals surface area contributed by atoms with Crippen molar-refractivity contribution in [1.82, 2.24) is 9.97 Å². The summed E-state index contributed by atoms with van der Waals surface area (Å²) in [4.78, 5) is 20.2. The molecule has 0 amide bonds. The van der Waals surface area contributed by atoms with Gasteiger partial charge in [-0.1, -0.05) is 18.2 Å². The molecule has 0 fully saturated rings. The van der Waals surface area contributed by atoms with Crippen molar-refractivity contribution in [3.05, 3.63) is 60.4 Å². The Kier molecular flexibility index (Phi) is 3.35. The molecule has 118 valence electrons. The second-order valence-electron chi connectivity index (χ2n) is 5.20. The van der Waals surface area contributed by atoms with Crippen molar-refractivity contribution < 1.29 is 13.9 Å². The van der Waals surface area contributed by atoms with E-state index in [9.17, 15) is 4.79 Å². The Balaban J connectivity index is 1.79. The third-order valence-corrected chi connectivity index (χ3v) is 3.70. The molecule has 0 radical (unpaired) electrons. The molecule has 6 nitrogen and oxygen atoms in total. The number of rotatable bonds is 3. The van der Waals surface area contributed by atoms with Gasteiger partial charge < -0.3 is 14.5 Å². The van der Waals surface area contributed by atoms with Crippen molar-refractivity contribution >= 4 is 39.5 Å². The molecule has 2 aromatic carbocycles. The highest BCUT2D eigenvalue weighted by Crippen LogP contribution is 2.31. The Bertz CT molecular complexity index is 1060. The van der Waals surface area contributed by atoms with Gasteiger partial charge in [0.2, 0.25) is 0 Å². The van der Waals surface area contributed by atoms with Crippen molar-refractivity contribution in [2.45, 2.75) is 0 Å². The molecule has 0 atom stereocenters. The molecule has 1 N–H and O–H groups in total. The first-order valence-electron chi connectivity index (χ1n) is 7.34. The van der Waals surface area contributed by atoms with E-state index in [0.29, 0.717) is 22.7 Å². The molecule has 2 aromatic heterocycles. The third kappa shape index (κ3) is 2.34. The van der Waals surface area contributed by atoms with Crippen molar-refractivity contribution in [2.24, 2.45) is 0 Å². The lowest BCUT2D eigenvalue weighted by atomic mass is 10.2. The summed E-state index contributed by atoms with van der Waals surface area (Å²) in [5, 5.41) is 4.11. The van der Waals surface area contributed by atoms with Gasteiger partial charge in [-0.25, -0.2) is 14.8 Å². The molecule has 2 heterocycles. The summed E-state index contributed by atoms with van der Waals surface area (Å²) in [5.74, 6) is 0.147. The van der Waals surface area contributed by atoms with E-state index < -0.39 is 5.97 Å². The molecular weight excluding hydrogens is 306 g/mol. The summed E-state index contributed by atoms with van der Waals surface area (Å²) < 4.78 is 10.6. The average molecular weight is 319 g/mol. The number of para-hydroxylation sites is 1. The first kappa shape index (κ1) is 14.2. The van der Waals surface area contributed by atoms with Crippen LogP contribution in [0.5, 0.6) is 0 Å². The molecule has 0 bridgehead atoms. The van der Waals surface area contributed by atoms with Crippen molar-refractivity contribution in [3.8, 4) is 0 Å². The van der Waals surface area contributed by atoms with Crippen LogP contribution in [0, 0.1) is 0 Å². The number of methoxy groups -OCH3 is 1. The molecule has 0 saturated carbocycles. The third-order valence-electron chi connectivity index (χ3n) is 3.70. The zero-order valence-corrected chi connectivity index (χ0v) is 12.8. The number of carbonyl (C=O) groups excluding carboxylic acids is 1. The first-order valence-corrected chi connectivity index (χ1v) is 7.34. The fraction of sp³-hybridized carbons (Fsp3) is 0.0556. The Hall–Kier alpha value is -3.41.